The number of rotatable bonds is 1. The first kappa shape index (κ1) is 12.9. The molecule has 0 N–H and O–H groups in total. The fourth-order valence-corrected chi connectivity index (χ4v) is 3.31. The number of hydrogen-bond donors (Lipinski definition) is 0. The van der Waals surface area contributed by atoms with Crippen LogP contribution < -0.4 is 0 Å². The molecule has 0 saturated heterocycles. The number of halogens is 1. The summed E-state index contributed by atoms with van der Waals surface area (Å²) in [6.45, 7) is 0. The van der Waals surface area contributed by atoms with E-state index in [0.717, 1.165) is 43.1 Å². The van der Waals surface area contributed by atoms with Gasteiger partial charge in [0.15, 0.2) is 5.58 Å². The quantitative estimate of drug-likeness (QED) is 0.358. The van der Waals surface area contributed by atoms with E-state index in [1.165, 1.54) is 0 Å². The van der Waals surface area contributed by atoms with E-state index < -0.39 is 0 Å². The zero-order valence-electron chi connectivity index (χ0n) is 11.9. The Kier molecular flexibility index (Phi) is 2.64. The summed E-state index contributed by atoms with van der Waals surface area (Å²) in [6, 6.07) is 19.8. The zero-order chi connectivity index (χ0) is 15.4. The molecule has 0 bridgehead atoms. The maximum absolute atomic E-state index is 5.97. The lowest BCUT2D eigenvalue weighted by atomic mass is 10.1. The molecule has 2 heterocycles. The van der Waals surface area contributed by atoms with Crippen LogP contribution in [0.1, 0.15) is 0 Å². The number of fused-ring (bicyclic) bond motifs is 4. The van der Waals surface area contributed by atoms with Gasteiger partial charge < -0.3 is 8.83 Å². The number of oxazole rings is 1. The summed E-state index contributed by atoms with van der Waals surface area (Å²) >= 11 is 3.49. The van der Waals surface area contributed by atoms with Crippen LogP contribution in [0.3, 0.4) is 0 Å². The van der Waals surface area contributed by atoms with Crippen LogP contribution in [0.2, 0.25) is 0 Å². The van der Waals surface area contributed by atoms with E-state index in [1.54, 1.807) is 0 Å². The van der Waals surface area contributed by atoms with Crippen molar-refractivity contribution in [2.75, 3.05) is 0 Å². The minimum absolute atomic E-state index is 0.613. The molecule has 0 aliphatic carbocycles. The minimum Gasteiger partial charge on any atom is -0.456 e. The third kappa shape index (κ3) is 1.92. The van der Waals surface area contributed by atoms with Crippen molar-refractivity contribution in [1.82, 2.24) is 4.98 Å². The number of nitrogens with zero attached hydrogens (tertiary/aromatic N) is 1. The first-order valence-corrected chi connectivity index (χ1v) is 8.06. The Hall–Kier alpha value is -2.59. The SMILES string of the molecule is Brc1ccc2c(c1)oc1cccc(-c3nc4ccccc4o3)c12. The highest BCUT2D eigenvalue weighted by atomic mass is 79.9. The Labute approximate surface area is 139 Å². The Morgan fingerprint density at radius 3 is 2.57 bits per heavy atom. The molecule has 0 aliphatic rings. The van der Waals surface area contributed by atoms with Crippen LogP contribution in [0.15, 0.2) is 74.0 Å². The van der Waals surface area contributed by atoms with E-state index in [1.807, 2.05) is 54.6 Å². The third-order valence-electron chi connectivity index (χ3n) is 3.98. The molecule has 23 heavy (non-hydrogen) atoms. The maximum Gasteiger partial charge on any atom is 0.228 e. The van der Waals surface area contributed by atoms with Gasteiger partial charge in [-0.2, -0.15) is 0 Å². The predicted octanol–water partition coefficient (Wildman–Crippen LogP) is 6.16. The third-order valence-corrected chi connectivity index (χ3v) is 4.48. The molecule has 4 heteroatoms. The van der Waals surface area contributed by atoms with E-state index >= 15 is 0 Å². The van der Waals surface area contributed by atoms with Gasteiger partial charge in [-0.05, 0) is 42.5 Å². The summed E-state index contributed by atoms with van der Waals surface area (Å²) in [5.74, 6) is 0.613. The molecule has 0 fully saturated rings. The Bertz CT molecular complexity index is 1150. The maximum atomic E-state index is 5.97. The molecule has 0 unspecified atom stereocenters. The minimum atomic E-state index is 0.613. The van der Waals surface area contributed by atoms with E-state index in [9.17, 15) is 0 Å². The van der Waals surface area contributed by atoms with Crippen LogP contribution in [0.4, 0.5) is 0 Å². The molecular formula is C19H10BrNO2. The molecule has 0 atom stereocenters. The van der Waals surface area contributed by atoms with Crippen molar-refractivity contribution in [3.05, 3.63) is 65.1 Å². The van der Waals surface area contributed by atoms with Gasteiger partial charge >= 0.3 is 0 Å². The number of para-hydroxylation sites is 2. The van der Waals surface area contributed by atoms with Crippen molar-refractivity contribution in [3.8, 4) is 11.5 Å². The van der Waals surface area contributed by atoms with Crippen molar-refractivity contribution in [3.63, 3.8) is 0 Å². The van der Waals surface area contributed by atoms with Crippen LogP contribution in [0, 0.1) is 0 Å². The van der Waals surface area contributed by atoms with Gasteiger partial charge in [-0.1, -0.05) is 34.1 Å². The molecular weight excluding hydrogens is 354 g/mol. The molecule has 0 spiro atoms. The largest absolute Gasteiger partial charge is 0.456 e. The summed E-state index contributed by atoms with van der Waals surface area (Å²) < 4.78 is 12.9. The predicted molar refractivity (Wildman–Crippen MR) is 94.4 cm³/mol. The molecule has 2 aromatic heterocycles. The van der Waals surface area contributed by atoms with Crippen molar-refractivity contribution in [2.24, 2.45) is 0 Å². The molecule has 3 aromatic carbocycles. The number of hydrogen-bond acceptors (Lipinski definition) is 3. The highest BCUT2D eigenvalue weighted by Gasteiger charge is 2.16. The highest BCUT2D eigenvalue weighted by molar-refractivity contribution is 9.10. The average molecular weight is 364 g/mol. The number of furan rings is 1. The average Bonchev–Trinajstić information content (AvgIpc) is 3.14. The lowest BCUT2D eigenvalue weighted by Crippen LogP contribution is -1.79. The lowest BCUT2D eigenvalue weighted by molar-refractivity contribution is 0.620. The lowest BCUT2D eigenvalue weighted by Gasteiger charge is -1.98. The molecule has 0 amide bonds. The number of aromatic nitrogens is 1. The van der Waals surface area contributed by atoms with Crippen molar-refractivity contribution < 1.29 is 8.83 Å². The first-order chi connectivity index (χ1) is 11.3. The molecule has 0 aliphatic heterocycles. The monoisotopic (exact) mass is 363 g/mol. The van der Waals surface area contributed by atoms with E-state index in [2.05, 4.69) is 27.0 Å². The van der Waals surface area contributed by atoms with Gasteiger partial charge in [0, 0.05) is 20.8 Å². The van der Waals surface area contributed by atoms with E-state index in [0.29, 0.717) is 5.89 Å². The fourth-order valence-electron chi connectivity index (χ4n) is 2.97. The second kappa shape index (κ2) is 4.70. The topological polar surface area (TPSA) is 39.2 Å². The van der Waals surface area contributed by atoms with Gasteiger partial charge in [0.1, 0.15) is 16.7 Å². The van der Waals surface area contributed by atoms with Crippen molar-refractivity contribution >= 4 is 49.0 Å². The Morgan fingerprint density at radius 1 is 0.783 bits per heavy atom. The summed E-state index contributed by atoms with van der Waals surface area (Å²) in [5, 5.41) is 2.09. The van der Waals surface area contributed by atoms with Crippen molar-refractivity contribution in [2.45, 2.75) is 0 Å². The second-order valence-corrected chi connectivity index (χ2v) is 6.32. The van der Waals surface area contributed by atoms with Crippen LogP contribution in [-0.4, -0.2) is 4.98 Å². The van der Waals surface area contributed by atoms with Gasteiger partial charge in [-0.3, -0.25) is 0 Å². The highest BCUT2D eigenvalue weighted by Crippen LogP contribution is 2.37. The van der Waals surface area contributed by atoms with Crippen LogP contribution in [0.5, 0.6) is 0 Å². The molecule has 110 valence electrons. The van der Waals surface area contributed by atoms with Crippen LogP contribution in [0.25, 0.3) is 44.5 Å². The van der Waals surface area contributed by atoms with E-state index in [-0.39, 0.29) is 0 Å². The first-order valence-electron chi connectivity index (χ1n) is 7.26. The zero-order valence-corrected chi connectivity index (χ0v) is 13.5. The Balaban J connectivity index is 1.88. The van der Waals surface area contributed by atoms with Gasteiger partial charge in [0.25, 0.3) is 0 Å². The molecule has 5 rings (SSSR count). The summed E-state index contributed by atoms with van der Waals surface area (Å²) in [7, 11) is 0. The smallest absolute Gasteiger partial charge is 0.228 e. The van der Waals surface area contributed by atoms with Crippen LogP contribution >= 0.6 is 15.9 Å². The standard InChI is InChI=1S/C19H10BrNO2/c20-11-8-9-12-17(10-11)22-16-7-3-4-13(18(12)16)19-21-14-5-1-2-6-15(14)23-19/h1-10H. The molecule has 0 radical (unpaired) electrons. The normalized spacial score (nSPS) is 11.7. The van der Waals surface area contributed by atoms with Gasteiger partial charge in [0.05, 0.1) is 0 Å². The van der Waals surface area contributed by atoms with Gasteiger partial charge in [-0.25, -0.2) is 4.98 Å². The summed E-state index contributed by atoms with van der Waals surface area (Å²) in [6.07, 6.45) is 0. The molecule has 5 aromatic rings. The molecule has 0 saturated carbocycles. The van der Waals surface area contributed by atoms with Gasteiger partial charge in [0.2, 0.25) is 5.89 Å². The number of benzene rings is 3. The van der Waals surface area contributed by atoms with Crippen LogP contribution in [-0.2, 0) is 0 Å². The summed E-state index contributed by atoms with van der Waals surface area (Å²) in [5.41, 5.74) is 4.26. The fraction of sp³-hybridized carbons (Fsp3) is 0. The second-order valence-electron chi connectivity index (χ2n) is 5.41. The van der Waals surface area contributed by atoms with E-state index in [4.69, 9.17) is 8.83 Å². The van der Waals surface area contributed by atoms with Gasteiger partial charge in [-0.15, -0.1) is 0 Å². The van der Waals surface area contributed by atoms with Crippen molar-refractivity contribution in [1.29, 1.82) is 0 Å². The summed E-state index contributed by atoms with van der Waals surface area (Å²) in [4.78, 5) is 4.62. The Morgan fingerprint density at radius 2 is 1.65 bits per heavy atom. The molecule has 3 nitrogen and oxygen atoms in total.